The minimum absolute atomic E-state index is 0.0343. The first-order valence-electron chi connectivity index (χ1n) is 21.8. The SMILES string of the molecule is CCCCC[C@@H](C(=O)NCNC(=O)c1ccc(-c2ccc(C(=O)N[C@@H](CC(C)=O)C(=O)OCc3ccccc3)c(OCC)c2)o1)[C@@H](CC)N(C=O)OC(=O)c1ccc(OC)cc1C(C)C. The molecule has 0 unspecified atom stereocenters. The molecule has 4 rings (SSSR count). The number of Topliss-reactive ketones (excluding diaryl/α,β-unsaturated/α-hetero) is 1. The van der Waals surface area contributed by atoms with Gasteiger partial charge < -0.3 is 39.4 Å². The van der Waals surface area contributed by atoms with Gasteiger partial charge in [-0.1, -0.05) is 83.4 Å². The Morgan fingerprint density at radius 2 is 1.58 bits per heavy atom. The van der Waals surface area contributed by atoms with E-state index in [0.29, 0.717) is 36.1 Å². The van der Waals surface area contributed by atoms with Gasteiger partial charge in [-0.2, -0.15) is 5.06 Å². The first-order chi connectivity index (χ1) is 31.2. The number of carbonyl (C=O) groups excluding carboxylic acids is 7. The van der Waals surface area contributed by atoms with Gasteiger partial charge in [0, 0.05) is 12.0 Å². The van der Waals surface area contributed by atoms with E-state index in [1.165, 1.54) is 26.2 Å². The largest absolute Gasteiger partial charge is 0.497 e. The van der Waals surface area contributed by atoms with Crippen LogP contribution in [0, 0.1) is 5.92 Å². The molecular weight excluding hydrogens is 837 g/mol. The second-order valence-electron chi connectivity index (χ2n) is 15.6. The summed E-state index contributed by atoms with van der Waals surface area (Å²) in [5.41, 5.74) is 2.24. The summed E-state index contributed by atoms with van der Waals surface area (Å²) in [5.74, 6) is -3.49. The highest BCUT2D eigenvalue weighted by Crippen LogP contribution is 2.30. The number of furan rings is 1. The topological polar surface area (TPSA) is 209 Å². The number of benzene rings is 3. The van der Waals surface area contributed by atoms with E-state index in [0.717, 1.165) is 23.5 Å². The molecule has 3 aromatic carbocycles. The van der Waals surface area contributed by atoms with E-state index in [1.54, 1.807) is 74.5 Å². The molecule has 0 spiro atoms. The average Bonchev–Trinajstić information content (AvgIpc) is 3.80. The summed E-state index contributed by atoms with van der Waals surface area (Å²) in [7, 11) is 1.53. The van der Waals surface area contributed by atoms with Crippen LogP contribution in [0.5, 0.6) is 11.5 Å². The zero-order chi connectivity index (χ0) is 47.5. The number of unbranched alkanes of at least 4 members (excludes halogenated alkanes) is 2. The van der Waals surface area contributed by atoms with E-state index < -0.39 is 47.7 Å². The predicted molar refractivity (Wildman–Crippen MR) is 241 cm³/mol. The van der Waals surface area contributed by atoms with Gasteiger partial charge in [-0.25, -0.2) is 9.59 Å². The number of rotatable bonds is 26. The second-order valence-corrected chi connectivity index (χ2v) is 15.6. The number of nitrogens with one attached hydrogen (secondary N) is 3. The Bertz CT molecular complexity index is 2260. The Hall–Kier alpha value is -6.97. The van der Waals surface area contributed by atoms with Crippen molar-refractivity contribution in [3.63, 3.8) is 0 Å². The van der Waals surface area contributed by atoms with E-state index in [1.807, 2.05) is 26.8 Å². The Kier molecular flexibility index (Phi) is 19.8. The van der Waals surface area contributed by atoms with Gasteiger partial charge in [-0.3, -0.25) is 24.0 Å². The van der Waals surface area contributed by atoms with Crippen LogP contribution in [-0.2, 0) is 35.4 Å². The molecule has 0 fully saturated rings. The number of ether oxygens (including phenoxy) is 3. The van der Waals surface area contributed by atoms with Crippen LogP contribution in [-0.4, -0.2) is 79.4 Å². The molecule has 0 saturated heterocycles. The van der Waals surface area contributed by atoms with Gasteiger partial charge >= 0.3 is 11.9 Å². The highest BCUT2D eigenvalue weighted by Gasteiger charge is 2.34. The summed E-state index contributed by atoms with van der Waals surface area (Å²) >= 11 is 0. The lowest BCUT2D eigenvalue weighted by atomic mass is 9.90. The molecule has 0 aliphatic rings. The number of nitrogens with zero attached hydrogens (tertiary/aromatic N) is 1. The summed E-state index contributed by atoms with van der Waals surface area (Å²) in [6.07, 6.45) is 3.19. The number of carbonyl (C=O) groups is 7. The van der Waals surface area contributed by atoms with E-state index >= 15 is 0 Å². The fraction of sp³-hybridized carbons (Fsp3) is 0.408. The van der Waals surface area contributed by atoms with Crippen LogP contribution < -0.4 is 25.4 Å². The number of ketones is 1. The maximum absolute atomic E-state index is 13.8. The molecule has 0 aliphatic carbocycles. The molecule has 16 nitrogen and oxygen atoms in total. The van der Waals surface area contributed by atoms with E-state index in [9.17, 15) is 33.6 Å². The molecule has 1 aromatic heterocycles. The third-order valence-corrected chi connectivity index (χ3v) is 10.5. The lowest BCUT2D eigenvalue weighted by molar-refractivity contribution is -0.171. The summed E-state index contributed by atoms with van der Waals surface area (Å²) < 4.78 is 22.4. The fourth-order valence-electron chi connectivity index (χ4n) is 7.13. The second kappa shape index (κ2) is 25.4. The average molecular weight is 897 g/mol. The minimum atomic E-state index is -1.24. The van der Waals surface area contributed by atoms with Crippen LogP contribution in [0.15, 0.2) is 83.3 Å². The molecule has 16 heteroatoms. The van der Waals surface area contributed by atoms with Gasteiger partial charge in [0.25, 0.3) is 11.8 Å². The van der Waals surface area contributed by atoms with Crippen LogP contribution in [0.1, 0.15) is 128 Å². The third kappa shape index (κ3) is 14.5. The molecule has 0 bridgehead atoms. The number of hydrogen-bond donors (Lipinski definition) is 3. The van der Waals surface area contributed by atoms with Crippen molar-refractivity contribution in [2.75, 3.05) is 20.4 Å². The molecule has 0 radical (unpaired) electrons. The lowest BCUT2D eigenvalue weighted by Gasteiger charge is -2.32. The predicted octanol–water partition coefficient (Wildman–Crippen LogP) is 7.31. The highest BCUT2D eigenvalue weighted by molar-refractivity contribution is 6.00. The number of hydrogen-bond acceptors (Lipinski definition) is 12. The van der Waals surface area contributed by atoms with Gasteiger partial charge in [-0.15, -0.1) is 0 Å². The van der Waals surface area contributed by atoms with Crippen LogP contribution in [0.3, 0.4) is 0 Å². The molecule has 3 N–H and O–H groups in total. The first-order valence-corrected chi connectivity index (χ1v) is 21.8. The number of esters is 1. The van der Waals surface area contributed by atoms with Crippen molar-refractivity contribution in [1.82, 2.24) is 21.0 Å². The van der Waals surface area contributed by atoms with Gasteiger partial charge in [0.15, 0.2) is 5.76 Å². The Morgan fingerprint density at radius 3 is 2.23 bits per heavy atom. The molecule has 1 heterocycles. The summed E-state index contributed by atoms with van der Waals surface area (Å²) in [5, 5.41) is 8.87. The van der Waals surface area contributed by atoms with Crippen molar-refractivity contribution >= 4 is 41.9 Å². The van der Waals surface area contributed by atoms with Crippen molar-refractivity contribution in [1.29, 1.82) is 0 Å². The molecule has 3 atom stereocenters. The smallest absolute Gasteiger partial charge is 0.363 e. The van der Waals surface area contributed by atoms with Crippen molar-refractivity contribution in [3.8, 4) is 22.8 Å². The summed E-state index contributed by atoms with van der Waals surface area (Å²) in [4.78, 5) is 97.0. The van der Waals surface area contributed by atoms with Crippen molar-refractivity contribution in [2.45, 2.75) is 105 Å². The molecule has 0 saturated carbocycles. The molecule has 0 aliphatic heterocycles. The molecular formula is C49H60N4O12. The van der Waals surface area contributed by atoms with Crippen molar-refractivity contribution in [2.24, 2.45) is 5.92 Å². The van der Waals surface area contributed by atoms with Gasteiger partial charge in [0.2, 0.25) is 12.3 Å². The number of hydroxylamine groups is 2. The maximum Gasteiger partial charge on any atom is 0.363 e. The number of methoxy groups -OCH3 is 1. The van der Waals surface area contributed by atoms with Crippen molar-refractivity contribution < 1.29 is 57.0 Å². The van der Waals surface area contributed by atoms with Gasteiger partial charge in [0.05, 0.1) is 43.5 Å². The van der Waals surface area contributed by atoms with E-state index in [-0.39, 0.29) is 72.8 Å². The van der Waals surface area contributed by atoms with Crippen LogP contribution in [0.25, 0.3) is 11.3 Å². The Labute approximate surface area is 379 Å². The molecule has 65 heavy (non-hydrogen) atoms. The normalized spacial score (nSPS) is 12.2. The molecule has 348 valence electrons. The standard InChI is InChI=1S/C49H60N4O12/c1-8-11-13-18-37(41(9-2)53(30-54)65-48(59)36-22-20-35(61-7)27-39(36)31(4)5)45(56)50-29-51-47(58)43-24-23-42(64-43)34-19-21-38(44(26-34)62-10-3)46(57)52-40(25-32(6)55)49(60)63-28-33-16-14-12-15-17-33/h12,14-17,19-24,26-27,30-31,37,40-41H,8-11,13,18,25,28-29H2,1-7H3,(H,50,56)(H,51,58)(H,52,57)/t37-,40+,41-/m1/s1. The maximum atomic E-state index is 13.8. The Balaban J connectivity index is 1.42. The van der Waals surface area contributed by atoms with Crippen LogP contribution in [0.2, 0.25) is 0 Å². The van der Waals surface area contributed by atoms with Crippen LogP contribution >= 0.6 is 0 Å². The first kappa shape index (κ1) is 50.7. The quantitative estimate of drug-likeness (QED) is 0.0186. The van der Waals surface area contributed by atoms with Crippen LogP contribution in [0.4, 0.5) is 0 Å². The van der Waals surface area contributed by atoms with Crippen molar-refractivity contribution in [3.05, 3.63) is 107 Å². The summed E-state index contributed by atoms with van der Waals surface area (Å²) in [6, 6.07) is 19.5. The third-order valence-electron chi connectivity index (χ3n) is 10.5. The summed E-state index contributed by atoms with van der Waals surface area (Å²) in [6.45, 7) is 10.6. The molecule has 4 amide bonds. The number of amides is 4. The van der Waals surface area contributed by atoms with Gasteiger partial charge in [-0.05, 0) is 86.2 Å². The molecule has 4 aromatic rings. The van der Waals surface area contributed by atoms with E-state index in [2.05, 4.69) is 16.0 Å². The lowest BCUT2D eigenvalue weighted by Crippen LogP contribution is -2.49. The minimum Gasteiger partial charge on any atom is -0.497 e. The Morgan fingerprint density at radius 1 is 0.846 bits per heavy atom. The zero-order valence-corrected chi connectivity index (χ0v) is 38.1. The van der Waals surface area contributed by atoms with Gasteiger partial charge in [0.1, 0.15) is 35.7 Å². The zero-order valence-electron chi connectivity index (χ0n) is 38.1. The monoisotopic (exact) mass is 896 g/mol. The highest BCUT2D eigenvalue weighted by atomic mass is 16.7. The fourth-order valence-corrected chi connectivity index (χ4v) is 7.13. The van der Waals surface area contributed by atoms with E-state index in [4.69, 9.17) is 23.5 Å².